The number of likely N-dealkylation sites (tertiary alicyclic amines) is 1. The maximum absolute atomic E-state index is 11.6. The smallest absolute Gasteiger partial charge is 0.412 e. The topological polar surface area (TPSA) is 59.0 Å². The van der Waals surface area contributed by atoms with Gasteiger partial charge in [-0.15, -0.1) is 0 Å². The lowest BCUT2D eigenvalue weighted by Crippen LogP contribution is -2.54. The number of rotatable bonds is 3. The molecule has 1 aliphatic rings. The lowest BCUT2D eigenvalue weighted by molar-refractivity contribution is -0.123. The highest BCUT2D eigenvalue weighted by atomic mass is 16.6. The predicted molar refractivity (Wildman–Crippen MR) is 54.4 cm³/mol. The molecule has 0 aromatic rings. The van der Waals surface area contributed by atoms with Crippen LogP contribution in [0.15, 0.2) is 0 Å². The molecule has 5 heteroatoms. The van der Waals surface area contributed by atoms with Crippen molar-refractivity contribution in [2.75, 3.05) is 19.8 Å². The van der Waals surface area contributed by atoms with Gasteiger partial charge in [-0.05, 0) is 20.8 Å². The van der Waals surface area contributed by atoms with Crippen molar-refractivity contribution in [1.29, 1.82) is 0 Å². The van der Waals surface area contributed by atoms with Gasteiger partial charge in [-0.3, -0.25) is 4.90 Å². The number of aliphatic hydroxyl groups is 1. The number of hydrogen-bond acceptors (Lipinski definition) is 4. The van der Waals surface area contributed by atoms with E-state index in [1.165, 1.54) is 4.90 Å². The average Bonchev–Trinajstić information content (AvgIpc) is 1.98. The van der Waals surface area contributed by atoms with Crippen LogP contribution in [0.3, 0.4) is 0 Å². The first-order chi connectivity index (χ1) is 6.94. The van der Waals surface area contributed by atoms with Gasteiger partial charge in [-0.25, -0.2) is 4.79 Å². The molecule has 15 heavy (non-hydrogen) atoms. The SMILES string of the molecule is CC(C)(C)OC(=O)N1CCC1OCCO. The maximum Gasteiger partial charge on any atom is 0.412 e. The minimum Gasteiger partial charge on any atom is -0.444 e. The van der Waals surface area contributed by atoms with E-state index in [1.807, 2.05) is 20.8 Å². The zero-order valence-corrected chi connectivity index (χ0v) is 9.52. The molecule has 1 N–H and O–H groups in total. The summed E-state index contributed by atoms with van der Waals surface area (Å²) in [7, 11) is 0. The van der Waals surface area contributed by atoms with Crippen LogP contribution in [0.2, 0.25) is 0 Å². The van der Waals surface area contributed by atoms with Crippen LogP contribution in [-0.2, 0) is 9.47 Å². The molecule has 88 valence electrons. The van der Waals surface area contributed by atoms with Gasteiger partial charge in [-0.2, -0.15) is 0 Å². The molecule has 0 spiro atoms. The van der Waals surface area contributed by atoms with Crippen molar-refractivity contribution in [3.63, 3.8) is 0 Å². The predicted octanol–water partition coefficient (Wildman–Crippen LogP) is 0.962. The molecule has 1 aliphatic heterocycles. The largest absolute Gasteiger partial charge is 0.444 e. The fourth-order valence-corrected chi connectivity index (χ4v) is 1.26. The van der Waals surface area contributed by atoms with Gasteiger partial charge in [0.05, 0.1) is 13.2 Å². The van der Waals surface area contributed by atoms with Crippen LogP contribution in [0, 0.1) is 0 Å². The van der Waals surface area contributed by atoms with Gasteiger partial charge in [-0.1, -0.05) is 0 Å². The summed E-state index contributed by atoms with van der Waals surface area (Å²) >= 11 is 0. The zero-order chi connectivity index (χ0) is 11.5. The highest BCUT2D eigenvalue weighted by Gasteiger charge is 2.35. The molecular weight excluding hydrogens is 198 g/mol. The molecule has 1 unspecified atom stereocenters. The Kier molecular flexibility index (Phi) is 3.93. The number of carbonyl (C=O) groups excluding carboxylic acids is 1. The van der Waals surface area contributed by atoms with E-state index in [0.717, 1.165) is 6.42 Å². The highest BCUT2D eigenvalue weighted by molar-refractivity contribution is 5.69. The Morgan fingerprint density at radius 3 is 2.60 bits per heavy atom. The van der Waals surface area contributed by atoms with Gasteiger partial charge in [0.25, 0.3) is 0 Å². The van der Waals surface area contributed by atoms with Crippen LogP contribution in [0.4, 0.5) is 4.79 Å². The molecular formula is C10H19NO4. The normalized spacial score (nSPS) is 21.1. The van der Waals surface area contributed by atoms with E-state index in [-0.39, 0.29) is 25.5 Å². The van der Waals surface area contributed by atoms with E-state index in [0.29, 0.717) is 6.54 Å². The van der Waals surface area contributed by atoms with E-state index >= 15 is 0 Å². The zero-order valence-electron chi connectivity index (χ0n) is 9.52. The van der Waals surface area contributed by atoms with E-state index < -0.39 is 5.60 Å². The minimum atomic E-state index is -0.478. The second-order valence-corrected chi connectivity index (χ2v) is 4.51. The summed E-state index contributed by atoms with van der Waals surface area (Å²) in [5.74, 6) is 0. The fourth-order valence-electron chi connectivity index (χ4n) is 1.26. The van der Waals surface area contributed by atoms with Gasteiger partial charge in [0, 0.05) is 13.0 Å². The van der Waals surface area contributed by atoms with Crippen LogP contribution in [-0.4, -0.2) is 47.7 Å². The summed E-state index contributed by atoms with van der Waals surface area (Å²) in [5.41, 5.74) is -0.478. The van der Waals surface area contributed by atoms with Crippen molar-refractivity contribution in [2.45, 2.75) is 39.0 Å². The molecule has 1 heterocycles. The van der Waals surface area contributed by atoms with Crippen LogP contribution in [0.1, 0.15) is 27.2 Å². The van der Waals surface area contributed by atoms with Crippen molar-refractivity contribution in [2.24, 2.45) is 0 Å². The average molecular weight is 217 g/mol. The number of carbonyl (C=O) groups is 1. The molecule has 1 rings (SSSR count). The third-order valence-corrected chi connectivity index (χ3v) is 1.99. The quantitative estimate of drug-likeness (QED) is 0.765. The number of hydrogen-bond donors (Lipinski definition) is 1. The Hall–Kier alpha value is -0.810. The fraction of sp³-hybridized carbons (Fsp3) is 0.900. The van der Waals surface area contributed by atoms with Crippen LogP contribution < -0.4 is 0 Å². The van der Waals surface area contributed by atoms with E-state index in [1.54, 1.807) is 0 Å². The Morgan fingerprint density at radius 2 is 2.20 bits per heavy atom. The van der Waals surface area contributed by atoms with Crippen molar-refractivity contribution < 1.29 is 19.4 Å². The van der Waals surface area contributed by atoms with E-state index in [9.17, 15) is 4.79 Å². The lowest BCUT2D eigenvalue weighted by Gasteiger charge is -2.40. The van der Waals surface area contributed by atoms with Gasteiger partial charge >= 0.3 is 6.09 Å². The van der Waals surface area contributed by atoms with Crippen molar-refractivity contribution in [1.82, 2.24) is 4.90 Å². The first kappa shape index (κ1) is 12.3. The molecule has 1 atom stereocenters. The second-order valence-electron chi connectivity index (χ2n) is 4.51. The number of aliphatic hydroxyl groups excluding tert-OH is 1. The summed E-state index contributed by atoms with van der Waals surface area (Å²) in [6.07, 6.45) is 0.225. The van der Waals surface area contributed by atoms with Crippen LogP contribution in [0.25, 0.3) is 0 Å². The van der Waals surface area contributed by atoms with E-state index in [4.69, 9.17) is 14.6 Å². The number of amides is 1. The Balaban J connectivity index is 2.34. The maximum atomic E-state index is 11.6. The van der Waals surface area contributed by atoms with Crippen LogP contribution in [0.5, 0.6) is 0 Å². The summed E-state index contributed by atoms with van der Waals surface area (Å²) in [6.45, 7) is 6.37. The molecule has 0 aromatic heterocycles. The van der Waals surface area contributed by atoms with Gasteiger partial charge < -0.3 is 14.6 Å². The highest BCUT2D eigenvalue weighted by Crippen LogP contribution is 2.21. The van der Waals surface area contributed by atoms with Crippen molar-refractivity contribution in [3.05, 3.63) is 0 Å². The molecule has 5 nitrogen and oxygen atoms in total. The minimum absolute atomic E-state index is 0.0291. The summed E-state index contributed by atoms with van der Waals surface area (Å²) in [6, 6.07) is 0. The monoisotopic (exact) mass is 217 g/mol. The first-order valence-corrected chi connectivity index (χ1v) is 5.16. The Labute approximate surface area is 90.0 Å². The first-order valence-electron chi connectivity index (χ1n) is 5.16. The third kappa shape index (κ3) is 3.68. The van der Waals surface area contributed by atoms with Crippen molar-refractivity contribution in [3.8, 4) is 0 Å². The Bertz CT molecular complexity index is 224. The third-order valence-electron chi connectivity index (χ3n) is 1.99. The summed E-state index contributed by atoms with van der Waals surface area (Å²) < 4.78 is 10.4. The number of ether oxygens (including phenoxy) is 2. The molecule has 0 saturated carbocycles. The number of nitrogens with zero attached hydrogens (tertiary/aromatic N) is 1. The molecule has 1 fully saturated rings. The lowest BCUT2D eigenvalue weighted by atomic mass is 10.2. The van der Waals surface area contributed by atoms with Gasteiger partial charge in [0.2, 0.25) is 0 Å². The van der Waals surface area contributed by atoms with Gasteiger partial charge in [0.15, 0.2) is 0 Å². The molecule has 1 saturated heterocycles. The van der Waals surface area contributed by atoms with E-state index in [2.05, 4.69) is 0 Å². The second kappa shape index (κ2) is 4.81. The molecule has 1 amide bonds. The molecule has 0 radical (unpaired) electrons. The standard InChI is InChI=1S/C10H19NO4/c1-10(2,3)15-9(13)11-5-4-8(11)14-7-6-12/h8,12H,4-7H2,1-3H3. The van der Waals surface area contributed by atoms with Gasteiger partial charge in [0.1, 0.15) is 11.8 Å². The van der Waals surface area contributed by atoms with Crippen molar-refractivity contribution >= 4 is 6.09 Å². The molecule has 0 aromatic carbocycles. The Morgan fingerprint density at radius 1 is 1.53 bits per heavy atom. The summed E-state index contributed by atoms with van der Waals surface area (Å²) in [5, 5.41) is 8.59. The van der Waals surface area contributed by atoms with Crippen LogP contribution >= 0.6 is 0 Å². The molecule has 0 aliphatic carbocycles. The molecule has 0 bridgehead atoms. The summed E-state index contributed by atoms with van der Waals surface area (Å²) in [4.78, 5) is 13.1.